The molecule has 1 atom stereocenters. The molecule has 1 aromatic heterocycles. The fourth-order valence-electron chi connectivity index (χ4n) is 5.17. The number of aliphatic hydroxyl groups is 1. The Morgan fingerprint density at radius 2 is 1.89 bits per heavy atom. The van der Waals surface area contributed by atoms with Crippen molar-refractivity contribution in [3.05, 3.63) is 76.4 Å². The van der Waals surface area contributed by atoms with Gasteiger partial charge < -0.3 is 19.3 Å². The van der Waals surface area contributed by atoms with Gasteiger partial charge in [-0.15, -0.1) is 0 Å². The predicted molar refractivity (Wildman–Crippen MR) is 139 cm³/mol. The van der Waals surface area contributed by atoms with E-state index in [-0.39, 0.29) is 19.1 Å². The van der Waals surface area contributed by atoms with E-state index in [1.807, 2.05) is 30.5 Å². The number of hydrogen-bond donors (Lipinski definition) is 1. The SMILES string of the molecule is CCOC(=O)C(CC)c1nc(CC)c(CO)n1Cc1ccc2c(c1)CCc1ccccc1N2CC#N. The number of para-hydroxylation sites is 1. The number of nitriles is 1. The monoisotopic (exact) mass is 486 g/mol. The second-order valence-electron chi connectivity index (χ2n) is 9.01. The number of fused-ring (bicyclic) bond motifs is 2. The lowest BCUT2D eigenvalue weighted by Crippen LogP contribution is -2.21. The fraction of sp³-hybridized carbons (Fsp3) is 0.414. The molecule has 0 fully saturated rings. The summed E-state index contributed by atoms with van der Waals surface area (Å²) < 4.78 is 7.33. The van der Waals surface area contributed by atoms with Crippen LogP contribution in [0.1, 0.15) is 67.0 Å². The summed E-state index contributed by atoms with van der Waals surface area (Å²) in [5, 5.41) is 19.7. The quantitative estimate of drug-likeness (QED) is 0.345. The molecule has 0 radical (unpaired) electrons. The van der Waals surface area contributed by atoms with Crippen molar-refractivity contribution < 1.29 is 14.6 Å². The van der Waals surface area contributed by atoms with Gasteiger partial charge in [0.2, 0.25) is 0 Å². The highest BCUT2D eigenvalue weighted by Gasteiger charge is 2.29. The predicted octanol–water partition coefficient (Wildman–Crippen LogP) is 4.80. The number of ether oxygens (including phenoxy) is 1. The first kappa shape index (κ1) is 25.5. The summed E-state index contributed by atoms with van der Waals surface area (Å²) in [6.07, 6.45) is 3.00. The summed E-state index contributed by atoms with van der Waals surface area (Å²) >= 11 is 0. The fourth-order valence-corrected chi connectivity index (χ4v) is 5.17. The van der Waals surface area contributed by atoms with Crippen LogP contribution in [0.25, 0.3) is 0 Å². The lowest BCUT2D eigenvalue weighted by atomic mass is 10.0. The average molecular weight is 487 g/mol. The van der Waals surface area contributed by atoms with Crippen LogP contribution in [-0.4, -0.2) is 33.8 Å². The van der Waals surface area contributed by atoms with E-state index in [9.17, 15) is 15.2 Å². The standard InChI is InChI=1S/C29H34N4O3/c1-4-23(29(35)36-6-3)28-31-24(5-2)27(19-34)33(28)18-20-11-14-26-22(17-20)13-12-21-9-7-8-10-25(21)32(26)16-15-30/h7-11,14,17,23,34H,4-6,12-13,16,18-19H2,1-3H3. The van der Waals surface area contributed by atoms with Crippen molar-refractivity contribution in [2.45, 2.75) is 65.5 Å². The van der Waals surface area contributed by atoms with Crippen molar-refractivity contribution in [1.29, 1.82) is 5.26 Å². The maximum absolute atomic E-state index is 12.7. The topological polar surface area (TPSA) is 91.4 Å². The third-order valence-corrected chi connectivity index (χ3v) is 6.91. The molecule has 2 aromatic carbocycles. The first-order valence-corrected chi connectivity index (χ1v) is 12.8. The van der Waals surface area contributed by atoms with Crippen molar-refractivity contribution >= 4 is 17.3 Å². The summed E-state index contributed by atoms with van der Waals surface area (Å²) in [4.78, 5) is 19.6. The third-order valence-electron chi connectivity index (χ3n) is 6.91. The van der Waals surface area contributed by atoms with E-state index in [1.165, 1.54) is 11.1 Å². The van der Waals surface area contributed by atoms with Gasteiger partial charge in [-0.3, -0.25) is 4.79 Å². The van der Waals surface area contributed by atoms with Crippen LogP contribution in [0.2, 0.25) is 0 Å². The van der Waals surface area contributed by atoms with Gasteiger partial charge in [-0.1, -0.05) is 44.2 Å². The van der Waals surface area contributed by atoms with E-state index in [1.54, 1.807) is 6.92 Å². The van der Waals surface area contributed by atoms with Crippen molar-refractivity contribution in [2.24, 2.45) is 0 Å². The number of carbonyl (C=O) groups is 1. The second-order valence-corrected chi connectivity index (χ2v) is 9.01. The van der Waals surface area contributed by atoms with Gasteiger partial charge in [0.25, 0.3) is 0 Å². The Morgan fingerprint density at radius 1 is 1.14 bits per heavy atom. The van der Waals surface area contributed by atoms with Crippen molar-refractivity contribution in [1.82, 2.24) is 9.55 Å². The molecular formula is C29H34N4O3. The van der Waals surface area contributed by atoms with Crippen molar-refractivity contribution in [2.75, 3.05) is 18.1 Å². The summed E-state index contributed by atoms with van der Waals surface area (Å²) in [6.45, 7) is 6.70. The minimum Gasteiger partial charge on any atom is -0.465 e. The number of imidazole rings is 1. The minimum absolute atomic E-state index is 0.147. The van der Waals surface area contributed by atoms with E-state index < -0.39 is 5.92 Å². The van der Waals surface area contributed by atoms with Crippen LogP contribution in [-0.2, 0) is 41.9 Å². The van der Waals surface area contributed by atoms with Gasteiger partial charge >= 0.3 is 5.97 Å². The van der Waals surface area contributed by atoms with E-state index in [2.05, 4.69) is 41.3 Å². The van der Waals surface area contributed by atoms with Crippen LogP contribution in [0.15, 0.2) is 42.5 Å². The van der Waals surface area contributed by atoms with E-state index in [0.717, 1.165) is 41.2 Å². The van der Waals surface area contributed by atoms with Crippen LogP contribution in [0, 0.1) is 11.3 Å². The molecule has 36 heavy (non-hydrogen) atoms. The van der Waals surface area contributed by atoms with Gasteiger partial charge in [0.05, 0.1) is 30.7 Å². The number of benzene rings is 2. The number of carbonyl (C=O) groups excluding carboxylic acids is 1. The average Bonchev–Trinajstić information content (AvgIpc) is 3.15. The van der Waals surface area contributed by atoms with E-state index in [4.69, 9.17) is 9.72 Å². The minimum atomic E-state index is -0.489. The summed E-state index contributed by atoms with van der Waals surface area (Å²) in [5.74, 6) is -0.132. The molecule has 0 bridgehead atoms. The van der Waals surface area contributed by atoms with Crippen LogP contribution in [0.3, 0.4) is 0 Å². The molecule has 7 heteroatoms. The molecule has 1 unspecified atom stereocenters. The zero-order valence-electron chi connectivity index (χ0n) is 21.3. The largest absolute Gasteiger partial charge is 0.465 e. The highest BCUT2D eigenvalue weighted by Crippen LogP contribution is 2.36. The Kier molecular flexibility index (Phi) is 8.07. The normalized spacial score (nSPS) is 13.4. The van der Waals surface area contributed by atoms with Crippen molar-refractivity contribution in [3.8, 4) is 6.07 Å². The van der Waals surface area contributed by atoms with Crippen LogP contribution < -0.4 is 4.90 Å². The maximum Gasteiger partial charge on any atom is 0.316 e. The molecule has 7 nitrogen and oxygen atoms in total. The smallest absolute Gasteiger partial charge is 0.316 e. The Bertz CT molecular complexity index is 1270. The zero-order valence-corrected chi connectivity index (χ0v) is 21.3. The summed E-state index contributed by atoms with van der Waals surface area (Å²) in [6, 6.07) is 16.9. The van der Waals surface area contributed by atoms with Gasteiger partial charge in [-0.25, -0.2) is 4.98 Å². The molecule has 1 N–H and O–H groups in total. The Labute approximate surface area is 213 Å². The Hall–Kier alpha value is -3.63. The Balaban J connectivity index is 1.74. The molecule has 3 aromatic rings. The summed E-state index contributed by atoms with van der Waals surface area (Å²) in [5.41, 5.74) is 7.15. The van der Waals surface area contributed by atoms with Crippen LogP contribution >= 0.6 is 0 Å². The molecule has 0 aliphatic carbocycles. The maximum atomic E-state index is 12.7. The van der Waals surface area contributed by atoms with Gasteiger partial charge in [0, 0.05) is 17.9 Å². The molecular weight excluding hydrogens is 452 g/mol. The van der Waals surface area contributed by atoms with Crippen LogP contribution in [0.4, 0.5) is 11.4 Å². The lowest BCUT2D eigenvalue weighted by molar-refractivity contribution is -0.145. The molecule has 0 saturated heterocycles. The van der Waals surface area contributed by atoms with Crippen LogP contribution in [0.5, 0.6) is 0 Å². The molecule has 0 saturated carbocycles. The van der Waals surface area contributed by atoms with Gasteiger partial charge in [-0.2, -0.15) is 5.26 Å². The number of aromatic nitrogens is 2. The highest BCUT2D eigenvalue weighted by atomic mass is 16.5. The van der Waals surface area contributed by atoms with Gasteiger partial charge in [0.1, 0.15) is 18.3 Å². The first-order chi connectivity index (χ1) is 17.6. The van der Waals surface area contributed by atoms with Gasteiger partial charge in [-0.05, 0) is 61.4 Å². The number of rotatable bonds is 9. The molecule has 1 aliphatic rings. The Morgan fingerprint density at radius 3 is 2.58 bits per heavy atom. The summed E-state index contributed by atoms with van der Waals surface area (Å²) in [7, 11) is 0. The van der Waals surface area contributed by atoms with Gasteiger partial charge in [0.15, 0.2) is 0 Å². The third kappa shape index (κ3) is 4.87. The second kappa shape index (κ2) is 11.4. The molecule has 0 spiro atoms. The number of hydrogen-bond acceptors (Lipinski definition) is 6. The molecule has 4 rings (SSSR count). The number of aryl methyl sites for hydroxylation is 3. The first-order valence-electron chi connectivity index (χ1n) is 12.8. The molecule has 2 heterocycles. The van der Waals surface area contributed by atoms with E-state index in [0.29, 0.717) is 31.8 Å². The lowest BCUT2D eigenvalue weighted by Gasteiger charge is -2.24. The zero-order chi connectivity index (χ0) is 25.7. The molecule has 1 aliphatic heterocycles. The number of esters is 1. The number of aliphatic hydroxyl groups excluding tert-OH is 1. The number of nitrogens with zero attached hydrogens (tertiary/aromatic N) is 4. The van der Waals surface area contributed by atoms with Crippen molar-refractivity contribution in [3.63, 3.8) is 0 Å². The molecule has 188 valence electrons. The molecule has 0 amide bonds. The number of anilines is 2. The highest BCUT2D eigenvalue weighted by molar-refractivity contribution is 5.77. The van der Waals surface area contributed by atoms with E-state index >= 15 is 0 Å².